The number of carbonyl (C=O) groups excluding carboxylic acids is 5. The molecular formula is C28H45Cl2N5O5. The quantitative estimate of drug-likeness (QED) is 0.236. The normalized spacial score (nSPS) is 27.2. The predicted molar refractivity (Wildman–Crippen MR) is 154 cm³/mol. The average Bonchev–Trinajstić information content (AvgIpc) is 3.15. The van der Waals surface area contributed by atoms with E-state index in [2.05, 4.69) is 16.0 Å². The summed E-state index contributed by atoms with van der Waals surface area (Å²) in [5.74, 6) is -3.60. The number of nitrogens with zero attached hydrogens (tertiary/aromatic N) is 1. The molecule has 4 rings (SSSR count). The zero-order valence-electron chi connectivity index (χ0n) is 22.9. The fourth-order valence-electron chi connectivity index (χ4n) is 6.40. The van der Waals surface area contributed by atoms with Crippen LogP contribution < -0.4 is 21.7 Å². The number of nitrogens with two attached hydrogens (primary N) is 1. The maximum absolute atomic E-state index is 14.1. The molecule has 3 aliphatic carbocycles. The van der Waals surface area contributed by atoms with Gasteiger partial charge in [0, 0.05) is 23.9 Å². The summed E-state index contributed by atoms with van der Waals surface area (Å²) in [6.45, 7) is 5.72. The summed E-state index contributed by atoms with van der Waals surface area (Å²) in [6, 6.07) is -3.37. The number of halogens is 2. The number of alkyl halides is 2. The second-order valence-corrected chi connectivity index (χ2v) is 14.2. The number of Topliss-reactive ketones (excluding diaryl/α,β-unsaturated/α-hetero) is 1. The van der Waals surface area contributed by atoms with Crippen LogP contribution in [-0.4, -0.2) is 69.0 Å². The SMILES string of the molecule is C.CC(C)(C)NC(=O)N[C@H](C(=O)N1C[C@H]2[C@@H]([C@H]1C(=O)NC(CC1CCC1)C(=O)C(N)=O)C2(Cl)Cl)C1CCCCC1. The van der Waals surface area contributed by atoms with Crippen LogP contribution in [0.4, 0.5) is 4.79 Å². The van der Waals surface area contributed by atoms with Crippen LogP contribution in [0.2, 0.25) is 0 Å². The molecule has 1 aliphatic heterocycles. The number of nitrogens with one attached hydrogen (secondary N) is 3. The molecule has 5 atom stereocenters. The van der Waals surface area contributed by atoms with Crippen molar-refractivity contribution in [2.24, 2.45) is 29.4 Å². The fraction of sp³-hybridized carbons (Fsp3) is 0.821. The first-order chi connectivity index (χ1) is 18.2. The van der Waals surface area contributed by atoms with E-state index in [4.69, 9.17) is 28.9 Å². The number of likely N-dealkylation sites (tertiary alicyclic amines) is 1. The van der Waals surface area contributed by atoms with Gasteiger partial charge in [-0.1, -0.05) is 46.0 Å². The van der Waals surface area contributed by atoms with E-state index >= 15 is 0 Å². The van der Waals surface area contributed by atoms with Crippen molar-refractivity contribution < 1.29 is 24.0 Å². The number of fused-ring (bicyclic) bond motifs is 1. The van der Waals surface area contributed by atoms with E-state index < -0.39 is 57.5 Å². The van der Waals surface area contributed by atoms with Gasteiger partial charge >= 0.3 is 6.03 Å². The van der Waals surface area contributed by atoms with Crippen molar-refractivity contribution in [1.82, 2.24) is 20.9 Å². The third-order valence-corrected chi connectivity index (χ3v) is 9.78. The minimum absolute atomic E-state index is 0. The first kappa shape index (κ1) is 32.4. The van der Waals surface area contributed by atoms with Crippen molar-refractivity contribution >= 4 is 52.7 Å². The van der Waals surface area contributed by atoms with E-state index in [1.54, 1.807) is 0 Å². The number of hydrogen-bond donors (Lipinski definition) is 4. The van der Waals surface area contributed by atoms with Crippen LogP contribution in [0.1, 0.15) is 86.0 Å². The van der Waals surface area contributed by atoms with Gasteiger partial charge in [0.1, 0.15) is 16.4 Å². The lowest BCUT2D eigenvalue weighted by Gasteiger charge is -2.37. The van der Waals surface area contributed by atoms with Crippen LogP contribution in [0.5, 0.6) is 0 Å². The van der Waals surface area contributed by atoms with Gasteiger partial charge in [-0.05, 0) is 51.9 Å². The summed E-state index contributed by atoms with van der Waals surface area (Å²) < 4.78 is -1.17. The van der Waals surface area contributed by atoms with Crippen LogP contribution in [0.25, 0.3) is 0 Å². The number of hydrogen-bond acceptors (Lipinski definition) is 5. The summed E-state index contributed by atoms with van der Waals surface area (Å²) >= 11 is 13.0. The number of piperidine rings is 1. The lowest BCUT2D eigenvalue weighted by Crippen LogP contribution is -2.61. The molecule has 0 spiro atoms. The van der Waals surface area contributed by atoms with Crippen LogP contribution >= 0.6 is 23.2 Å². The van der Waals surface area contributed by atoms with E-state index in [1.807, 2.05) is 20.8 Å². The van der Waals surface area contributed by atoms with Crippen molar-refractivity contribution in [1.29, 1.82) is 0 Å². The Morgan fingerprint density at radius 3 is 2.12 bits per heavy atom. The highest BCUT2D eigenvalue weighted by molar-refractivity contribution is 6.51. The maximum Gasteiger partial charge on any atom is 0.315 e. The molecule has 10 nitrogen and oxygen atoms in total. The Bertz CT molecular complexity index is 1010. The van der Waals surface area contributed by atoms with Gasteiger partial charge < -0.3 is 26.6 Å². The molecule has 1 unspecified atom stereocenters. The van der Waals surface area contributed by atoms with Gasteiger partial charge in [0.05, 0.1) is 6.04 Å². The van der Waals surface area contributed by atoms with Crippen molar-refractivity contribution in [2.75, 3.05) is 6.54 Å². The smallest absolute Gasteiger partial charge is 0.315 e. The molecule has 40 heavy (non-hydrogen) atoms. The molecule has 0 bridgehead atoms. The maximum atomic E-state index is 14.1. The van der Waals surface area contributed by atoms with Gasteiger partial charge in [0.2, 0.25) is 17.6 Å². The van der Waals surface area contributed by atoms with Gasteiger partial charge in [0.25, 0.3) is 5.91 Å². The van der Waals surface area contributed by atoms with Crippen LogP contribution in [0.15, 0.2) is 0 Å². The summed E-state index contributed by atoms with van der Waals surface area (Å²) in [6.07, 6.45) is 7.72. The summed E-state index contributed by atoms with van der Waals surface area (Å²) in [5.41, 5.74) is 4.78. The lowest BCUT2D eigenvalue weighted by atomic mass is 9.80. The Morgan fingerprint density at radius 1 is 0.975 bits per heavy atom. The summed E-state index contributed by atoms with van der Waals surface area (Å²) in [5, 5.41) is 8.45. The molecule has 0 radical (unpaired) electrons. The van der Waals surface area contributed by atoms with Crippen molar-refractivity contribution in [3.8, 4) is 0 Å². The first-order valence-corrected chi connectivity index (χ1v) is 14.9. The molecule has 1 saturated heterocycles. The van der Waals surface area contributed by atoms with Crippen molar-refractivity contribution in [3.05, 3.63) is 0 Å². The second kappa shape index (κ2) is 12.4. The van der Waals surface area contributed by atoms with Gasteiger partial charge in [-0.15, -0.1) is 23.2 Å². The Kier molecular flexibility index (Phi) is 10.1. The predicted octanol–water partition coefficient (Wildman–Crippen LogP) is 3.03. The van der Waals surface area contributed by atoms with Crippen molar-refractivity contribution in [2.45, 2.75) is 114 Å². The third-order valence-electron chi connectivity index (χ3n) is 8.72. The van der Waals surface area contributed by atoms with E-state index in [9.17, 15) is 24.0 Å². The lowest BCUT2D eigenvalue weighted by molar-refractivity contribution is -0.144. The third kappa shape index (κ3) is 7.04. The molecule has 226 valence electrons. The van der Waals surface area contributed by atoms with E-state index in [0.717, 1.165) is 51.4 Å². The number of carbonyl (C=O) groups is 5. The molecule has 3 saturated carbocycles. The molecule has 5 amide bonds. The molecule has 12 heteroatoms. The zero-order chi connectivity index (χ0) is 28.7. The fourth-order valence-corrected chi connectivity index (χ4v) is 7.23. The highest BCUT2D eigenvalue weighted by Gasteiger charge is 2.74. The molecule has 0 aromatic carbocycles. The highest BCUT2D eigenvalue weighted by atomic mass is 35.5. The van der Waals surface area contributed by atoms with Crippen LogP contribution in [0.3, 0.4) is 0 Å². The topological polar surface area (TPSA) is 151 Å². The minimum atomic E-state index is -1.17. The van der Waals surface area contributed by atoms with Gasteiger partial charge in [-0.25, -0.2) is 4.79 Å². The molecule has 0 aromatic heterocycles. The number of primary amides is 1. The molecule has 0 aromatic rings. The standard InChI is InChI=1S/C27H41Cl2N5O5.CH4/c1-26(2,3)33-25(39)32-19(15-10-5-4-6-11-15)24(38)34-13-16-18(27(16,28)29)20(34)23(37)31-17(21(35)22(30)36)12-14-8-7-9-14;/h14-20H,4-13H2,1-3H3,(H2,30,36)(H,31,37)(H2,32,33,39);1H4/t16-,17?,18-,19-,20-;/m0./s1. The van der Waals surface area contributed by atoms with Gasteiger partial charge in [-0.2, -0.15) is 0 Å². The Hall–Kier alpha value is -2.07. The average molecular weight is 603 g/mol. The first-order valence-electron chi connectivity index (χ1n) is 14.1. The van der Waals surface area contributed by atoms with Crippen molar-refractivity contribution in [3.63, 3.8) is 0 Å². The van der Waals surface area contributed by atoms with Gasteiger partial charge in [0.15, 0.2) is 0 Å². The molecule has 1 heterocycles. The van der Waals surface area contributed by atoms with Gasteiger partial charge in [-0.3, -0.25) is 19.2 Å². The monoisotopic (exact) mass is 601 g/mol. The van der Waals surface area contributed by atoms with Crippen LogP contribution in [0, 0.1) is 23.7 Å². The van der Waals surface area contributed by atoms with Crippen LogP contribution in [-0.2, 0) is 19.2 Å². The highest BCUT2D eigenvalue weighted by Crippen LogP contribution is 2.65. The minimum Gasteiger partial charge on any atom is -0.363 e. The number of amides is 5. The molecule has 4 aliphatic rings. The van der Waals surface area contributed by atoms with E-state index in [0.29, 0.717) is 6.42 Å². The van der Waals surface area contributed by atoms with E-state index in [-0.39, 0.29) is 37.6 Å². The molecule has 5 N–H and O–H groups in total. The number of urea groups is 1. The summed E-state index contributed by atoms with van der Waals surface area (Å²) in [7, 11) is 0. The Morgan fingerprint density at radius 2 is 1.60 bits per heavy atom. The zero-order valence-corrected chi connectivity index (χ0v) is 24.4. The Labute approximate surface area is 247 Å². The molecule has 4 fully saturated rings. The second-order valence-electron chi connectivity index (χ2n) is 12.8. The number of rotatable bonds is 9. The largest absolute Gasteiger partial charge is 0.363 e. The van der Waals surface area contributed by atoms with E-state index in [1.165, 1.54) is 4.90 Å². The molecular weight excluding hydrogens is 557 g/mol. The Balaban J connectivity index is 0.00000441. The number of ketones is 1. The summed E-state index contributed by atoms with van der Waals surface area (Å²) in [4.78, 5) is 66.4.